The second kappa shape index (κ2) is 4.67. The number of hydrogen-bond donors (Lipinski definition) is 0. The third kappa shape index (κ3) is 1.93. The molecular formula is C20H26O4. The Hall–Kier alpha value is -1.26. The van der Waals surface area contributed by atoms with E-state index in [0.29, 0.717) is 23.7 Å². The Morgan fingerprint density at radius 2 is 1.25 bits per heavy atom. The van der Waals surface area contributed by atoms with Gasteiger partial charge in [-0.1, -0.05) is 13.8 Å². The highest BCUT2D eigenvalue weighted by molar-refractivity contribution is 5.50. The quantitative estimate of drug-likeness (QED) is 0.729. The van der Waals surface area contributed by atoms with E-state index in [9.17, 15) is 0 Å². The molecule has 4 heterocycles. The minimum absolute atomic E-state index is 0.423. The van der Waals surface area contributed by atoms with E-state index in [2.05, 4.69) is 39.8 Å². The van der Waals surface area contributed by atoms with Crippen molar-refractivity contribution in [1.29, 1.82) is 0 Å². The molecule has 0 bridgehead atoms. The number of benzene rings is 1. The van der Waals surface area contributed by atoms with E-state index >= 15 is 0 Å². The Bertz CT molecular complexity index is 646. The third-order valence-corrected chi connectivity index (χ3v) is 6.74. The minimum Gasteiger partial charge on any atom is -0.462 e. The molecule has 130 valence electrons. The van der Waals surface area contributed by atoms with Crippen LogP contribution in [0.4, 0.5) is 0 Å². The molecular weight excluding hydrogens is 304 g/mol. The first-order chi connectivity index (χ1) is 11.4. The number of rotatable bonds is 0. The normalized spacial score (nSPS) is 45.5. The van der Waals surface area contributed by atoms with Gasteiger partial charge in [0.1, 0.15) is 11.5 Å². The zero-order chi connectivity index (χ0) is 16.7. The van der Waals surface area contributed by atoms with Crippen molar-refractivity contribution >= 4 is 0 Å². The van der Waals surface area contributed by atoms with Crippen LogP contribution in [0.25, 0.3) is 0 Å². The van der Waals surface area contributed by atoms with E-state index in [4.69, 9.17) is 18.9 Å². The Balaban J connectivity index is 1.54. The van der Waals surface area contributed by atoms with Gasteiger partial charge >= 0.3 is 0 Å². The molecule has 0 radical (unpaired) electrons. The third-order valence-electron chi connectivity index (χ3n) is 6.74. The van der Waals surface area contributed by atoms with E-state index < -0.39 is 11.6 Å². The van der Waals surface area contributed by atoms with Gasteiger partial charge in [0.25, 0.3) is 0 Å². The predicted octanol–water partition coefficient (Wildman–Crippen LogP) is 3.55. The van der Waals surface area contributed by atoms with Crippen molar-refractivity contribution in [1.82, 2.24) is 0 Å². The van der Waals surface area contributed by atoms with Gasteiger partial charge in [0.15, 0.2) is 0 Å². The summed E-state index contributed by atoms with van der Waals surface area (Å²) in [5.41, 5.74) is 2.60. The predicted molar refractivity (Wildman–Crippen MR) is 89.1 cm³/mol. The molecule has 0 saturated carbocycles. The largest absolute Gasteiger partial charge is 0.462 e. The van der Waals surface area contributed by atoms with Crippen molar-refractivity contribution in [2.45, 2.75) is 52.1 Å². The van der Waals surface area contributed by atoms with E-state index in [-0.39, 0.29) is 0 Å². The molecule has 0 amide bonds. The van der Waals surface area contributed by atoms with Gasteiger partial charge in [-0.15, -0.1) is 0 Å². The number of ether oxygens (including phenoxy) is 4. The van der Waals surface area contributed by atoms with Crippen molar-refractivity contribution < 1.29 is 18.9 Å². The van der Waals surface area contributed by atoms with Gasteiger partial charge in [0.2, 0.25) is 11.6 Å². The molecule has 4 aliphatic rings. The summed E-state index contributed by atoms with van der Waals surface area (Å²) in [5, 5.41) is 0. The molecule has 2 saturated heterocycles. The van der Waals surface area contributed by atoms with Crippen LogP contribution in [-0.4, -0.2) is 24.8 Å². The minimum atomic E-state index is -0.500. The summed E-state index contributed by atoms with van der Waals surface area (Å²) >= 11 is 0. The van der Waals surface area contributed by atoms with Gasteiger partial charge in [0.05, 0.1) is 13.2 Å². The highest BCUT2D eigenvalue weighted by Gasteiger charge is 2.52. The summed E-state index contributed by atoms with van der Waals surface area (Å²) in [6, 6.07) is 4.37. The van der Waals surface area contributed by atoms with Gasteiger partial charge < -0.3 is 18.9 Å². The van der Waals surface area contributed by atoms with Gasteiger partial charge in [-0.2, -0.15) is 0 Å². The average molecular weight is 330 g/mol. The number of fused-ring (bicyclic) bond motifs is 4. The molecule has 4 aliphatic heterocycles. The van der Waals surface area contributed by atoms with Crippen LogP contribution in [0.15, 0.2) is 12.1 Å². The molecule has 0 unspecified atom stereocenters. The van der Waals surface area contributed by atoms with Gasteiger partial charge in [0, 0.05) is 31.7 Å². The van der Waals surface area contributed by atoms with Crippen molar-refractivity contribution in [2.75, 3.05) is 13.2 Å². The second-order valence-electron chi connectivity index (χ2n) is 8.50. The van der Waals surface area contributed by atoms with Crippen LogP contribution in [0.1, 0.15) is 38.8 Å². The van der Waals surface area contributed by atoms with Crippen molar-refractivity contribution in [3.05, 3.63) is 23.3 Å². The second-order valence-corrected chi connectivity index (χ2v) is 8.50. The molecule has 4 nitrogen and oxygen atoms in total. The lowest BCUT2D eigenvalue weighted by molar-refractivity contribution is -0.170. The summed E-state index contributed by atoms with van der Waals surface area (Å²) in [7, 11) is 0. The standard InChI is InChI=1S/C20H26O4/c1-11-9-21-19(3)15(11)6-13-5-14-7-16-12(2)10-22-20(16,4)24-18(14)8-17(13)23-19/h5,8,11-12,15-16H,6-7,9-10H2,1-4H3/t11-,12-,15+,16+,19+,20+/m0/s1. The van der Waals surface area contributed by atoms with E-state index in [1.807, 2.05) is 0 Å². The Morgan fingerprint density at radius 3 is 1.71 bits per heavy atom. The van der Waals surface area contributed by atoms with Crippen LogP contribution in [0.3, 0.4) is 0 Å². The summed E-state index contributed by atoms with van der Waals surface area (Å²) in [4.78, 5) is 0. The fourth-order valence-corrected chi connectivity index (χ4v) is 5.13. The maximum atomic E-state index is 6.30. The van der Waals surface area contributed by atoms with E-state index in [0.717, 1.165) is 37.6 Å². The van der Waals surface area contributed by atoms with Crippen molar-refractivity contribution in [3.8, 4) is 11.5 Å². The van der Waals surface area contributed by atoms with Gasteiger partial charge in [-0.25, -0.2) is 0 Å². The summed E-state index contributed by atoms with van der Waals surface area (Å²) in [6.45, 7) is 10.2. The Kier molecular flexibility index (Phi) is 2.93. The molecule has 2 fully saturated rings. The smallest absolute Gasteiger partial charge is 0.211 e. The first-order valence-electron chi connectivity index (χ1n) is 9.20. The molecule has 0 N–H and O–H groups in total. The Morgan fingerprint density at radius 1 is 0.792 bits per heavy atom. The van der Waals surface area contributed by atoms with Crippen LogP contribution in [0, 0.1) is 23.7 Å². The highest BCUT2D eigenvalue weighted by Crippen LogP contribution is 2.51. The lowest BCUT2D eigenvalue weighted by atomic mass is 9.79. The summed E-state index contributed by atoms with van der Waals surface area (Å²) < 4.78 is 24.6. The fourth-order valence-electron chi connectivity index (χ4n) is 5.13. The van der Waals surface area contributed by atoms with Gasteiger partial charge in [-0.05, 0) is 41.9 Å². The topological polar surface area (TPSA) is 36.9 Å². The van der Waals surface area contributed by atoms with Crippen molar-refractivity contribution in [2.24, 2.45) is 23.7 Å². The van der Waals surface area contributed by atoms with Crippen LogP contribution in [0.5, 0.6) is 11.5 Å². The maximum absolute atomic E-state index is 6.30. The highest BCUT2D eigenvalue weighted by atomic mass is 16.7. The van der Waals surface area contributed by atoms with Crippen LogP contribution in [0.2, 0.25) is 0 Å². The SMILES string of the molecule is C[C@H]1CO[C@]2(C)Oc3cc4c(cc3C[C@H]12)C[C@@H]1[C@@H](C)CO[C@]1(C)O4. The van der Waals surface area contributed by atoms with Crippen molar-refractivity contribution in [3.63, 3.8) is 0 Å². The monoisotopic (exact) mass is 330 g/mol. The van der Waals surface area contributed by atoms with Crippen LogP contribution in [-0.2, 0) is 22.3 Å². The van der Waals surface area contributed by atoms with Crippen LogP contribution < -0.4 is 9.47 Å². The number of hydrogen-bond acceptors (Lipinski definition) is 4. The summed E-state index contributed by atoms with van der Waals surface area (Å²) in [5.74, 6) is 2.73. The molecule has 1 aromatic carbocycles. The first-order valence-corrected chi connectivity index (χ1v) is 9.20. The van der Waals surface area contributed by atoms with E-state index in [1.54, 1.807) is 0 Å². The fraction of sp³-hybridized carbons (Fsp3) is 0.700. The lowest BCUT2D eigenvalue weighted by Gasteiger charge is -2.41. The lowest BCUT2D eigenvalue weighted by Crippen LogP contribution is -2.45. The molecule has 0 spiro atoms. The molecule has 0 aliphatic carbocycles. The Labute approximate surface area is 143 Å². The zero-order valence-corrected chi connectivity index (χ0v) is 14.9. The molecule has 6 atom stereocenters. The maximum Gasteiger partial charge on any atom is 0.211 e. The summed E-state index contributed by atoms with van der Waals surface area (Å²) in [6.07, 6.45) is 2.04. The first kappa shape index (κ1) is 15.0. The molecule has 5 rings (SSSR count). The molecule has 4 heteroatoms. The van der Waals surface area contributed by atoms with Crippen LogP contribution >= 0.6 is 0 Å². The average Bonchev–Trinajstić information content (AvgIpc) is 2.98. The van der Waals surface area contributed by atoms with Gasteiger partial charge in [-0.3, -0.25) is 0 Å². The van der Waals surface area contributed by atoms with E-state index in [1.165, 1.54) is 11.1 Å². The molecule has 24 heavy (non-hydrogen) atoms. The molecule has 0 aromatic heterocycles. The molecule has 1 aromatic rings. The zero-order valence-electron chi connectivity index (χ0n) is 14.9.